The van der Waals surface area contributed by atoms with Crippen LogP contribution in [-0.2, 0) is 7.05 Å². The summed E-state index contributed by atoms with van der Waals surface area (Å²) in [6.07, 6.45) is 5.15. The maximum Gasteiger partial charge on any atom is 0.0885 e. The normalized spacial score (nSPS) is 10.8. The molecule has 0 saturated carbocycles. The van der Waals surface area contributed by atoms with E-state index in [0.29, 0.717) is 5.71 Å². The summed E-state index contributed by atoms with van der Waals surface area (Å²) in [6.45, 7) is 3.63. The molecule has 1 N–H and O–H groups in total. The number of hydrogen-bond acceptors (Lipinski definition) is 2. The van der Waals surface area contributed by atoms with E-state index in [-0.39, 0.29) is 0 Å². The van der Waals surface area contributed by atoms with E-state index in [2.05, 4.69) is 16.2 Å². The van der Waals surface area contributed by atoms with Crippen LogP contribution in [0.5, 0.6) is 0 Å². The van der Waals surface area contributed by atoms with E-state index in [4.69, 9.17) is 5.41 Å². The second-order valence-electron chi connectivity index (χ2n) is 4.37. The Morgan fingerprint density at radius 2 is 2.16 bits per heavy atom. The predicted molar refractivity (Wildman–Crippen MR) is 77.1 cm³/mol. The lowest BCUT2D eigenvalue weighted by molar-refractivity contribution is 0.652. The van der Waals surface area contributed by atoms with Crippen molar-refractivity contribution in [1.82, 2.24) is 14.3 Å². The molecule has 3 aromatic rings. The Labute approximate surface area is 111 Å². The number of nitrogens with one attached hydrogen (secondary N) is 1. The van der Waals surface area contributed by atoms with E-state index in [1.54, 1.807) is 12.3 Å². The van der Waals surface area contributed by atoms with Crippen molar-refractivity contribution in [3.05, 3.63) is 60.9 Å². The van der Waals surface area contributed by atoms with Crippen LogP contribution in [0, 0.1) is 5.41 Å². The second kappa shape index (κ2) is 4.24. The molecule has 0 amide bonds. The molecule has 3 rings (SSSR count). The Bertz CT molecular complexity index is 762. The molecule has 19 heavy (non-hydrogen) atoms. The van der Waals surface area contributed by atoms with Gasteiger partial charge < -0.3 is 5.41 Å². The maximum absolute atomic E-state index is 7.79. The van der Waals surface area contributed by atoms with E-state index in [0.717, 1.165) is 22.3 Å². The lowest BCUT2D eigenvalue weighted by atomic mass is 10.1. The molecule has 2 heterocycles. The minimum Gasteiger partial charge on any atom is -0.300 e. The Hall–Kier alpha value is -2.62. The first-order valence-corrected chi connectivity index (χ1v) is 6.01. The van der Waals surface area contributed by atoms with Crippen LogP contribution in [0.15, 0.2) is 55.4 Å². The molecular formula is C15H14N4. The Morgan fingerprint density at radius 3 is 2.84 bits per heavy atom. The highest BCUT2D eigenvalue weighted by atomic mass is 15.4. The van der Waals surface area contributed by atoms with Crippen LogP contribution >= 0.6 is 0 Å². The average molecular weight is 250 g/mol. The van der Waals surface area contributed by atoms with Crippen molar-refractivity contribution in [2.75, 3.05) is 0 Å². The lowest BCUT2D eigenvalue weighted by Gasteiger charge is -2.24. The highest BCUT2D eigenvalue weighted by Crippen LogP contribution is 2.24. The number of rotatable bonds is 3. The highest BCUT2D eigenvalue weighted by Gasteiger charge is 2.13. The standard InChI is InChI=1S/C15H14N4/c1-3-13(16)11-6-7-14-15(9-11)18(2)19(14)12-5-4-8-17-10-12/h3-10,16H,1H2,2H3. The van der Waals surface area contributed by atoms with Crippen LogP contribution in [0.4, 0.5) is 0 Å². The molecule has 4 nitrogen and oxygen atoms in total. The fourth-order valence-corrected chi connectivity index (χ4v) is 2.26. The summed E-state index contributed by atoms with van der Waals surface area (Å²) in [6, 6.07) is 9.91. The van der Waals surface area contributed by atoms with Gasteiger partial charge in [-0.05, 0) is 30.3 Å². The summed E-state index contributed by atoms with van der Waals surface area (Å²) in [7, 11) is 2.00. The molecule has 0 fully saturated rings. The van der Waals surface area contributed by atoms with Crippen LogP contribution in [0.25, 0.3) is 16.7 Å². The highest BCUT2D eigenvalue weighted by molar-refractivity contribution is 6.07. The van der Waals surface area contributed by atoms with Gasteiger partial charge in [-0.25, -0.2) is 0 Å². The molecule has 0 atom stereocenters. The number of aromatic nitrogens is 3. The second-order valence-corrected chi connectivity index (χ2v) is 4.37. The third-order valence-corrected chi connectivity index (χ3v) is 3.26. The molecule has 0 unspecified atom stereocenters. The van der Waals surface area contributed by atoms with Gasteiger partial charge >= 0.3 is 0 Å². The van der Waals surface area contributed by atoms with E-state index < -0.39 is 0 Å². The molecule has 0 radical (unpaired) electrons. The van der Waals surface area contributed by atoms with Crippen molar-refractivity contribution in [2.24, 2.45) is 7.05 Å². The smallest absolute Gasteiger partial charge is 0.0885 e. The van der Waals surface area contributed by atoms with Gasteiger partial charge in [-0.3, -0.25) is 14.3 Å². The van der Waals surface area contributed by atoms with Crippen molar-refractivity contribution in [3.63, 3.8) is 0 Å². The van der Waals surface area contributed by atoms with E-state index in [1.165, 1.54) is 0 Å². The largest absolute Gasteiger partial charge is 0.300 e. The minimum absolute atomic E-state index is 0.441. The van der Waals surface area contributed by atoms with Gasteiger partial charge in [-0.1, -0.05) is 12.6 Å². The fourth-order valence-electron chi connectivity index (χ4n) is 2.26. The first-order valence-electron chi connectivity index (χ1n) is 6.01. The van der Waals surface area contributed by atoms with Gasteiger partial charge in [0.1, 0.15) is 0 Å². The molecule has 1 aromatic carbocycles. The zero-order valence-corrected chi connectivity index (χ0v) is 10.7. The SMILES string of the molecule is C=CC(=N)c1ccc2c(c1)n(C)n2-c1cccnc1. The number of benzene rings is 1. The fraction of sp³-hybridized carbons (Fsp3) is 0.0667. The number of allylic oxidation sites excluding steroid dienone is 1. The van der Waals surface area contributed by atoms with Crippen LogP contribution in [-0.4, -0.2) is 20.1 Å². The number of hydrogen-bond donors (Lipinski definition) is 1. The van der Waals surface area contributed by atoms with Crippen LogP contribution in [0.3, 0.4) is 0 Å². The molecule has 0 aliphatic carbocycles. The van der Waals surface area contributed by atoms with Gasteiger partial charge in [0.25, 0.3) is 0 Å². The number of aryl methyl sites for hydroxylation is 1. The van der Waals surface area contributed by atoms with E-state index in [1.807, 2.05) is 48.3 Å². The quantitative estimate of drug-likeness (QED) is 0.714. The number of nitrogens with zero attached hydrogens (tertiary/aromatic N) is 3. The van der Waals surface area contributed by atoms with E-state index >= 15 is 0 Å². The van der Waals surface area contributed by atoms with E-state index in [9.17, 15) is 0 Å². The number of fused-ring (bicyclic) bond motifs is 1. The predicted octanol–water partition coefficient (Wildman–Crippen LogP) is 2.92. The topological polar surface area (TPSA) is 46.6 Å². The van der Waals surface area contributed by atoms with Crippen LogP contribution < -0.4 is 0 Å². The van der Waals surface area contributed by atoms with Crippen LogP contribution in [0.2, 0.25) is 0 Å². The molecule has 0 spiro atoms. The summed E-state index contributed by atoms with van der Waals surface area (Å²) in [5.41, 5.74) is 4.58. The average Bonchev–Trinajstić information content (AvgIpc) is 2.47. The molecule has 0 aliphatic rings. The lowest BCUT2D eigenvalue weighted by Crippen LogP contribution is -2.19. The summed E-state index contributed by atoms with van der Waals surface area (Å²) in [5, 5.41) is 7.79. The summed E-state index contributed by atoms with van der Waals surface area (Å²) in [4.78, 5) is 4.14. The maximum atomic E-state index is 7.79. The Morgan fingerprint density at radius 1 is 1.32 bits per heavy atom. The Balaban J connectivity index is 2.14. The van der Waals surface area contributed by atoms with Gasteiger partial charge in [-0.2, -0.15) is 0 Å². The number of pyridine rings is 1. The zero-order valence-electron chi connectivity index (χ0n) is 10.7. The first kappa shape index (κ1) is 11.5. The van der Waals surface area contributed by atoms with Crippen molar-refractivity contribution in [3.8, 4) is 5.69 Å². The molecule has 0 saturated heterocycles. The van der Waals surface area contributed by atoms with Crippen LogP contribution in [0.1, 0.15) is 5.56 Å². The minimum atomic E-state index is 0.441. The molecule has 0 bridgehead atoms. The third-order valence-electron chi connectivity index (χ3n) is 3.26. The molecule has 0 aliphatic heterocycles. The first-order chi connectivity index (χ1) is 9.22. The molecule has 94 valence electrons. The summed E-state index contributed by atoms with van der Waals surface area (Å²) >= 11 is 0. The monoisotopic (exact) mass is 250 g/mol. The van der Waals surface area contributed by atoms with Gasteiger partial charge in [-0.15, -0.1) is 0 Å². The van der Waals surface area contributed by atoms with Crippen molar-refractivity contribution < 1.29 is 0 Å². The van der Waals surface area contributed by atoms with Crippen molar-refractivity contribution in [1.29, 1.82) is 5.41 Å². The van der Waals surface area contributed by atoms with Gasteiger partial charge in [0, 0.05) is 18.8 Å². The third kappa shape index (κ3) is 1.69. The van der Waals surface area contributed by atoms with Gasteiger partial charge in [0.2, 0.25) is 0 Å². The van der Waals surface area contributed by atoms with Gasteiger partial charge in [0.05, 0.1) is 28.6 Å². The summed E-state index contributed by atoms with van der Waals surface area (Å²) in [5.74, 6) is 0. The summed E-state index contributed by atoms with van der Waals surface area (Å²) < 4.78 is 4.13. The Kier molecular flexibility index (Phi) is 2.56. The molecule has 2 aromatic heterocycles. The van der Waals surface area contributed by atoms with Gasteiger partial charge in [0.15, 0.2) is 0 Å². The zero-order chi connectivity index (χ0) is 13.4. The van der Waals surface area contributed by atoms with Crippen molar-refractivity contribution in [2.45, 2.75) is 0 Å². The molecule has 4 heteroatoms. The molecular weight excluding hydrogens is 236 g/mol. The van der Waals surface area contributed by atoms with Crippen molar-refractivity contribution >= 4 is 16.7 Å².